The van der Waals surface area contributed by atoms with Crippen LogP contribution in [0.2, 0.25) is 0 Å². The van der Waals surface area contributed by atoms with Crippen LogP contribution in [-0.2, 0) is 60.2 Å². The molecule has 312 valence electrons. The molecule has 1 aliphatic heterocycles. The number of aliphatic hydroxyl groups excluding tert-OH is 1. The fourth-order valence-corrected chi connectivity index (χ4v) is 8.41. The zero-order chi connectivity index (χ0) is 41.7. The SMILES string of the molecule is Cc1ccc(S(=O)(=O)N2CCN(C(=O)C(OCc3ccccc3)C(OCc3ccccc3)C(OCc3ccccc3)C(O)(COCc3ccccc3)C(C)O)CC2)cc1. The van der Waals surface area contributed by atoms with Gasteiger partial charge in [0.05, 0.1) is 44.0 Å². The quantitative estimate of drug-likeness (QED) is 0.0983. The van der Waals surface area contributed by atoms with Crippen LogP contribution >= 0.6 is 0 Å². The maximum Gasteiger partial charge on any atom is 0.254 e. The number of sulfonamides is 1. The zero-order valence-electron chi connectivity index (χ0n) is 33.6. The van der Waals surface area contributed by atoms with Gasteiger partial charge in [-0.1, -0.05) is 139 Å². The number of aliphatic hydroxyl groups is 2. The molecule has 0 bridgehead atoms. The fourth-order valence-electron chi connectivity index (χ4n) is 6.99. The highest BCUT2D eigenvalue weighted by Gasteiger charge is 2.52. The minimum Gasteiger partial charge on any atom is -0.390 e. The Kier molecular flexibility index (Phi) is 15.6. The third-order valence-corrected chi connectivity index (χ3v) is 12.5. The largest absolute Gasteiger partial charge is 0.390 e. The first-order valence-electron chi connectivity index (χ1n) is 19.9. The van der Waals surface area contributed by atoms with E-state index in [0.29, 0.717) is 0 Å². The topological polar surface area (TPSA) is 135 Å². The monoisotopic (exact) mass is 822 g/mol. The van der Waals surface area contributed by atoms with E-state index in [1.165, 1.54) is 11.2 Å². The van der Waals surface area contributed by atoms with Crippen molar-refractivity contribution < 1.29 is 42.4 Å². The highest BCUT2D eigenvalue weighted by molar-refractivity contribution is 7.89. The molecule has 0 aromatic heterocycles. The molecule has 5 aromatic carbocycles. The van der Waals surface area contributed by atoms with Gasteiger partial charge in [-0.25, -0.2) is 8.42 Å². The first-order valence-corrected chi connectivity index (χ1v) is 21.3. The summed E-state index contributed by atoms with van der Waals surface area (Å²) in [7, 11) is -3.81. The molecule has 1 fully saturated rings. The molecule has 5 unspecified atom stereocenters. The number of amides is 1. The molecule has 0 aliphatic carbocycles. The predicted octanol–water partition coefficient (Wildman–Crippen LogP) is 5.91. The van der Waals surface area contributed by atoms with Gasteiger partial charge >= 0.3 is 0 Å². The Bertz CT molecular complexity index is 2120. The molecular formula is C47H54N2O9S. The number of nitrogens with zero attached hydrogens (tertiary/aromatic N) is 2. The van der Waals surface area contributed by atoms with E-state index in [0.717, 1.165) is 27.8 Å². The predicted molar refractivity (Wildman–Crippen MR) is 224 cm³/mol. The average Bonchev–Trinajstić information content (AvgIpc) is 3.26. The molecule has 12 heteroatoms. The third kappa shape index (κ3) is 11.7. The van der Waals surface area contributed by atoms with Gasteiger partial charge < -0.3 is 34.1 Å². The van der Waals surface area contributed by atoms with Gasteiger partial charge in [0, 0.05) is 26.2 Å². The van der Waals surface area contributed by atoms with Gasteiger partial charge in [-0.2, -0.15) is 4.31 Å². The Hall–Kier alpha value is -4.76. The minimum atomic E-state index is -3.81. The van der Waals surface area contributed by atoms with Gasteiger partial charge in [0.2, 0.25) is 10.0 Å². The molecule has 59 heavy (non-hydrogen) atoms. The van der Waals surface area contributed by atoms with E-state index in [1.54, 1.807) is 29.2 Å². The Morgan fingerprint density at radius 2 is 1.08 bits per heavy atom. The molecule has 11 nitrogen and oxygen atoms in total. The molecule has 0 radical (unpaired) electrons. The van der Waals surface area contributed by atoms with Gasteiger partial charge in [-0.3, -0.25) is 4.79 Å². The molecule has 2 N–H and O–H groups in total. The number of rotatable bonds is 20. The number of benzene rings is 5. The van der Waals surface area contributed by atoms with Gasteiger partial charge in [0.15, 0.2) is 6.10 Å². The third-order valence-electron chi connectivity index (χ3n) is 10.5. The number of hydrogen-bond acceptors (Lipinski definition) is 9. The van der Waals surface area contributed by atoms with Crippen molar-refractivity contribution in [1.29, 1.82) is 0 Å². The highest BCUT2D eigenvalue weighted by atomic mass is 32.2. The second-order valence-corrected chi connectivity index (χ2v) is 16.8. The van der Waals surface area contributed by atoms with Gasteiger partial charge in [0.25, 0.3) is 5.91 Å². The fraction of sp³-hybridized carbons (Fsp3) is 0.340. The summed E-state index contributed by atoms with van der Waals surface area (Å²) >= 11 is 0. The van der Waals surface area contributed by atoms with E-state index in [9.17, 15) is 18.6 Å². The van der Waals surface area contributed by atoms with Crippen LogP contribution in [-0.4, -0.2) is 96.5 Å². The smallest absolute Gasteiger partial charge is 0.254 e. The van der Waals surface area contributed by atoms with Crippen molar-refractivity contribution in [2.24, 2.45) is 0 Å². The van der Waals surface area contributed by atoms with Crippen LogP contribution in [0, 0.1) is 6.92 Å². The highest BCUT2D eigenvalue weighted by Crippen LogP contribution is 2.31. The number of ether oxygens (including phenoxy) is 4. The number of hydrogen-bond donors (Lipinski definition) is 2. The van der Waals surface area contributed by atoms with Gasteiger partial charge in [0.1, 0.15) is 17.8 Å². The zero-order valence-corrected chi connectivity index (χ0v) is 34.4. The molecule has 6 rings (SSSR count). The summed E-state index contributed by atoms with van der Waals surface area (Å²) in [6.45, 7) is 3.40. The van der Waals surface area contributed by atoms with Crippen LogP contribution < -0.4 is 0 Å². The molecule has 0 saturated carbocycles. The number of carbonyl (C=O) groups excluding carboxylic acids is 1. The summed E-state index contributed by atoms with van der Waals surface area (Å²) < 4.78 is 54.7. The van der Waals surface area contributed by atoms with Crippen molar-refractivity contribution in [3.63, 3.8) is 0 Å². The summed E-state index contributed by atoms with van der Waals surface area (Å²) in [6.07, 6.45) is -5.53. The van der Waals surface area contributed by atoms with Crippen molar-refractivity contribution in [3.8, 4) is 0 Å². The summed E-state index contributed by atoms with van der Waals surface area (Å²) in [5.41, 5.74) is 2.06. The van der Waals surface area contributed by atoms with Crippen LogP contribution in [0.3, 0.4) is 0 Å². The summed E-state index contributed by atoms with van der Waals surface area (Å²) in [5.74, 6) is -0.474. The summed E-state index contributed by atoms with van der Waals surface area (Å²) in [4.78, 5) is 16.8. The van der Waals surface area contributed by atoms with Crippen LogP contribution in [0.4, 0.5) is 0 Å². The Morgan fingerprint density at radius 3 is 1.56 bits per heavy atom. The lowest BCUT2D eigenvalue weighted by Gasteiger charge is -2.44. The van der Waals surface area contributed by atoms with Crippen LogP contribution in [0.15, 0.2) is 150 Å². The maximum atomic E-state index is 15.0. The number of aryl methyl sites for hydroxylation is 1. The number of piperazine rings is 1. The first-order chi connectivity index (χ1) is 28.5. The lowest BCUT2D eigenvalue weighted by Crippen LogP contribution is -2.65. The molecule has 5 aromatic rings. The van der Waals surface area contributed by atoms with E-state index in [1.807, 2.05) is 128 Å². The van der Waals surface area contributed by atoms with Crippen molar-refractivity contribution >= 4 is 15.9 Å². The van der Waals surface area contributed by atoms with E-state index < -0.39 is 45.9 Å². The van der Waals surface area contributed by atoms with E-state index in [4.69, 9.17) is 18.9 Å². The first kappa shape index (κ1) is 43.8. The van der Waals surface area contributed by atoms with Crippen LogP contribution in [0.25, 0.3) is 0 Å². The molecule has 0 spiro atoms. The van der Waals surface area contributed by atoms with Gasteiger partial charge in [-0.05, 0) is 48.2 Å². The van der Waals surface area contributed by atoms with Gasteiger partial charge in [-0.15, -0.1) is 0 Å². The van der Waals surface area contributed by atoms with Crippen molar-refractivity contribution in [3.05, 3.63) is 173 Å². The number of carbonyl (C=O) groups is 1. The van der Waals surface area contributed by atoms with Crippen molar-refractivity contribution in [2.75, 3.05) is 32.8 Å². The second kappa shape index (κ2) is 21.0. The summed E-state index contributed by atoms with van der Waals surface area (Å²) in [6, 6.07) is 44.3. The molecular weight excluding hydrogens is 769 g/mol. The second-order valence-electron chi connectivity index (χ2n) is 14.9. The molecule has 5 atom stereocenters. The molecule has 1 aliphatic rings. The standard InChI is InChI=1S/C47H54N2O9S/c1-36-23-25-42(26-24-36)59(53,54)49-29-27-48(28-30-49)46(51)44(57-33-40-19-11-5-12-20-40)43(56-32-39-17-9-4-10-18-39)45(58-34-41-21-13-6-14-22-41)47(52,37(2)50)35-55-31-38-15-7-3-8-16-38/h3-26,37,43-45,50,52H,27-35H2,1-2H3. The van der Waals surface area contributed by atoms with Crippen LogP contribution in [0.5, 0.6) is 0 Å². The van der Waals surface area contributed by atoms with Crippen molar-refractivity contribution in [2.45, 2.75) is 75.2 Å². The summed E-state index contributed by atoms with van der Waals surface area (Å²) in [5, 5.41) is 24.2. The molecule has 1 saturated heterocycles. The lowest BCUT2D eigenvalue weighted by atomic mass is 9.85. The van der Waals surface area contributed by atoms with Crippen molar-refractivity contribution in [1.82, 2.24) is 9.21 Å². The Balaban J connectivity index is 1.36. The maximum absolute atomic E-state index is 15.0. The Morgan fingerprint density at radius 1 is 0.644 bits per heavy atom. The van der Waals surface area contributed by atoms with E-state index >= 15 is 4.79 Å². The molecule has 1 heterocycles. The minimum absolute atomic E-state index is 0.000437. The Labute approximate surface area is 347 Å². The van der Waals surface area contributed by atoms with E-state index in [-0.39, 0.29) is 64.1 Å². The van der Waals surface area contributed by atoms with Crippen LogP contribution in [0.1, 0.15) is 34.7 Å². The normalized spacial score (nSPS) is 16.8. The lowest BCUT2D eigenvalue weighted by molar-refractivity contribution is -0.247. The van der Waals surface area contributed by atoms with E-state index in [2.05, 4.69) is 0 Å². The average molecular weight is 823 g/mol. The molecule has 1 amide bonds.